The van der Waals surface area contributed by atoms with Gasteiger partial charge >= 0.3 is 0 Å². The quantitative estimate of drug-likeness (QED) is 0.0525. The number of primary amides is 1. The summed E-state index contributed by atoms with van der Waals surface area (Å²) < 4.78 is 26.4. The third-order valence-corrected chi connectivity index (χ3v) is 8.58. The van der Waals surface area contributed by atoms with E-state index in [2.05, 4.69) is 30.6 Å². The molecule has 0 radical (unpaired) electrons. The number of aliphatic hydroxyl groups excluding tert-OH is 1. The second-order valence-electron chi connectivity index (χ2n) is 12.4. The molecule has 0 fully saturated rings. The molecule has 0 atom stereocenters. The number of hydrogen-bond donors (Lipinski definition) is 5. The minimum atomic E-state index is -0.698. The summed E-state index contributed by atoms with van der Waals surface area (Å²) in [4.78, 5) is 57.2. The molecule has 18 nitrogen and oxygen atoms in total. The highest BCUT2D eigenvalue weighted by Crippen LogP contribution is 2.33. The number of carbonyl (C=O) groups excluding carboxylic acids is 3. The first kappa shape index (κ1) is 38.0. The molecule has 7 N–H and O–H groups in total. The molecule has 0 aliphatic rings. The van der Waals surface area contributed by atoms with Gasteiger partial charge in [-0.25, -0.2) is 19.9 Å². The number of ether oxygens (including phenoxy) is 2. The van der Waals surface area contributed by atoms with Crippen LogP contribution in [0.3, 0.4) is 0 Å². The summed E-state index contributed by atoms with van der Waals surface area (Å²) >= 11 is 0. The molecule has 0 saturated carbocycles. The van der Waals surface area contributed by atoms with Crippen molar-refractivity contribution in [2.24, 2.45) is 5.73 Å². The van der Waals surface area contributed by atoms with Gasteiger partial charge in [0.05, 0.1) is 36.1 Å². The average molecular weight is 755 g/mol. The molecule has 0 spiro atoms. The number of anilines is 3. The van der Waals surface area contributed by atoms with Crippen molar-refractivity contribution >= 4 is 57.4 Å². The van der Waals surface area contributed by atoms with Gasteiger partial charge in [-0.3, -0.25) is 25.0 Å². The number of aromatic nitrogens is 6. The summed E-state index contributed by atoms with van der Waals surface area (Å²) in [5.41, 5.74) is 15.2. The number of oxazole rings is 2. The van der Waals surface area contributed by atoms with Crippen molar-refractivity contribution in [1.29, 1.82) is 0 Å². The van der Waals surface area contributed by atoms with E-state index in [-0.39, 0.29) is 61.0 Å². The summed E-state index contributed by atoms with van der Waals surface area (Å²) in [6, 6.07) is 6.34. The molecule has 2 aromatic carbocycles. The topological polar surface area (TPSA) is 254 Å². The van der Waals surface area contributed by atoms with Crippen molar-refractivity contribution in [3.8, 4) is 11.5 Å². The van der Waals surface area contributed by atoms with Gasteiger partial charge in [0.2, 0.25) is 29.3 Å². The van der Waals surface area contributed by atoms with Gasteiger partial charge in [-0.05, 0) is 31.0 Å². The zero-order valence-corrected chi connectivity index (χ0v) is 31.1. The maximum Gasteiger partial charge on any atom is 0.295 e. The van der Waals surface area contributed by atoms with Crippen molar-refractivity contribution in [2.45, 2.75) is 60.0 Å². The molecule has 0 aliphatic carbocycles. The first-order chi connectivity index (χ1) is 26.5. The summed E-state index contributed by atoms with van der Waals surface area (Å²) in [6.45, 7) is 7.42. The highest BCUT2D eigenvalue weighted by molar-refractivity contribution is 6.05. The Bertz CT molecular complexity index is 2440. The van der Waals surface area contributed by atoms with E-state index >= 15 is 0 Å². The SMILES string of the molecule is CCc1nc(C)oc1C(=O)Nc1nc2cc(N)cc(OC)c2n1C/C=C/Cn1c(NC(=O)c2oc(C)nc2CC)nc2cc(C(N)=O)cc(OCCCO)c21. The number of imidazole rings is 2. The van der Waals surface area contributed by atoms with E-state index < -0.39 is 17.7 Å². The van der Waals surface area contributed by atoms with E-state index in [1.54, 1.807) is 35.1 Å². The fraction of sp³-hybridized carbons (Fsp3) is 0.324. The van der Waals surface area contributed by atoms with E-state index in [0.29, 0.717) is 75.9 Å². The Kier molecular flexibility index (Phi) is 11.2. The van der Waals surface area contributed by atoms with E-state index in [0.717, 1.165) is 0 Å². The number of aryl methyl sites for hydroxylation is 4. The molecule has 4 aromatic heterocycles. The lowest BCUT2D eigenvalue weighted by molar-refractivity contribution is 0.0985. The fourth-order valence-electron chi connectivity index (χ4n) is 6.13. The van der Waals surface area contributed by atoms with Crippen molar-refractivity contribution in [2.75, 3.05) is 36.7 Å². The molecular weight excluding hydrogens is 712 g/mol. The van der Waals surface area contributed by atoms with Gasteiger partial charge < -0.3 is 44.0 Å². The molecule has 3 amide bonds. The second-order valence-corrected chi connectivity index (χ2v) is 12.4. The molecule has 0 bridgehead atoms. The number of nitrogen functional groups attached to an aromatic ring is 1. The number of carbonyl (C=O) groups is 3. The van der Waals surface area contributed by atoms with Crippen LogP contribution in [0.4, 0.5) is 17.6 Å². The van der Waals surface area contributed by atoms with Crippen LogP contribution in [0.1, 0.15) is 74.9 Å². The Morgan fingerprint density at radius 3 is 1.84 bits per heavy atom. The zero-order valence-electron chi connectivity index (χ0n) is 31.1. The lowest BCUT2D eigenvalue weighted by Crippen LogP contribution is -2.17. The van der Waals surface area contributed by atoms with Gasteiger partial charge in [0.1, 0.15) is 22.5 Å². The van der Waals surface area contributed by atoms with Crippen LogP contribution in [0, 0.1) is 13.8 Å². The Morgan fingerprint density at radius 1 is 0.818 bits per heavy atom. The predicted octanol–water partition coefficient (Wildman–Crippen LogP) is 4.32. The van der Waals surface area contributed by atoms with Crippen LogP contribution in [0.15, 0.2) is 45.3 Å². The van der Waals surface area contributed by atoms with E-state index in [1.165, 1.54) is 19.2 Å². The van der Waals surface area contributed by atoms with E-state index in [1.807, 2.05) is 26.0 Å². The normalized spacial score (nSPS) is 11.5. The van der Waals surface area contributed by atoms with E-state index in [9.17, 15) is 19.5 Å². The standard InChI is InChI=1S/C37H42N10O8/c1-6-23-31(54-19(3)40-23)34(50)44-36-42-25-15-21(33(39)49)16-28(53-14-10-13-48)30(25)47(36)12-9-8-11-46-29-26(17-22(38)18-27(29)52-5)43-37(46)45-35(51)32-24(7-2)41-20(4)55-32/h8-9,15-18,48H,6-7,10-14,38H2,1-5H3,(H2,39,49)(H,42,44,50)(H,43,45,51)/b9-8+. The third-order valence-electron chi connectivity index (χ3n) is 8.58. The summed E-state index contributed by atoms with van der Waals surface area (Å²) in [5, 5.41) is 15.1. The van der Waals surface area contributed by atoms with Gasteiger partial charge in [-0.2, -0.15) is 0 Å². The second kappa shape index (κ2) is 16.1. The molecule has 0 aliphatic heterocycles. The molecule has 6 aromatic rings. The van der Waals surface area contributed by atoms with Gasteiger partial charge in [-0.1, -0.05) is 26.0 Å². The third kappa shape index (κ3) is 7.84. The number of methoxy groups -OCH3 is 1. The number of hydrogen-bond acceptors (Lipinski definition) is 13. The van der Waals surface area contributed by atoms with Crippen LogP contribution >= 0.6 is 0 Å². The fourth-order valence-corrected chi connectivity index (χ4v) is 6.13. The van der Waals surface area contributed by atoms with Crippen molar-refractivity contribution in [3.05, 3.63) is 76.7 Å². The number of aliphatic hydroxyl groups is 1. The number of amides is 3. The van der Waals surface area contributed by atoms with E-state index in [4.69, 9.17) is 29.8 Å². The monoisotopic (exact) mass is 754 g/mol. The van der Waals surface area contributed by atoms with Gasteiger partial charge in [0, 0.05) is 57.3 Å². The average Bonchev–Trinajstić information content (AvgIpc) is 3.92. The molecule has 0 unspecified atom stereocenters. The number of nitrogens with zero attached hydrogens (tertiary/aromatic N) is 6. The number of nitrogens with one attached hydrogen (secondary N) is 2. The smallest absolute Gasteiger partial charge is 0.295 e. The lowest BCUT2D eigenvalue weighted by Gasteiger charge is -2.13. The summed E-state index contributed by atoms with van der Waals surface area (Å²) in [5.74, 6) is 0.101. The Hall–Kier alpha value is -6.69. The Balaban J connectivity index is 1.39. The number of allylic oxidation sites excluding steroid dienone is 2. The molecule has 55 heavy (non-hydrogen) atoms. The minimum absolute atomic E-state index is 0.0501. The van der Waals surface area contributed by atoms with Crippen LogP contribution in [0.2, 0.25) is 0 Å². The largest absolute Gasteiger partial charge is 0.494 e. The Morgan fingerprint density at radius 2 is 1.35 bits per heavy atom. The minimum Gasteiger partial charge on any atom is -0.494 e. The number of nitrogens with two attached hydrogens (primary N) is 2. The van der Waals surface area contributed by atoms with Crippen molar-refractivity contribution < 1.29 is 37.8 Å². The maximum absolute atomic E-state index is 13.5. The Labute approximate surface area is 314 Å². The van der Waals surface area contributed by atoms with Crippen molar-refractivity contribution in [1.82, 2.24) is 29.1 Å². The lowest BCUT2D eigenvalue weighted by atomic mass is 10.1. The number of rotatable bonds is 16. The van der Waals surface area contributed by atoms with Gasteiger partial charge in [0.15, 0.2) is 11.8 Å². The molecule has 288 valence electrons. The number of benzene rings is 2. The summed E-state index contributed by atoms with van der Waals surface area (Å²) in [6.07, 6.45) is 4.93. The van der Waals surface area contributed by atoms with Crippen LogP contribution in [-0.2, 0) is 25.9 Å². The molecule has 6 rings (SSSR count). The molecule has 18 heteroatoms. The molecule has 0 saturated heterocycles. The van der Waals surface area contributed by atoms with Gasteiger partial charge in [-0.15, -0.1) is 0 Å². The first-order valence-corrected chi connectivity index (χ1v) is 17.6. The van der Waals surface area contributed by atoms with Crippen LogP contribution in [-0.4, -0.2) is 72.2 Å². The van der Waals surface area contributed by atoms with Crippen LogP contribution in [0.25, 0.3) is 22.1 Å². The number of fused-ring (bicyclic) bond motifs is 2. The molecular formula is C37H42N10O8. The summed E-state index contributed by atoms with van der Waals surface area (Å²) in [7, 11) is 1.51. The van der Waals surface area contributed by atoms with Crippen LogP contribution < -0.4 is 31.6 Å². The first-order valence-electron chi connectivity index (χ1n) is 17.6. The predicted molar refractivity (Wildman–Crippen MR) is 202 cm³/mol. The maximum atomic E-state index is 13.5. The van der Waals surface area contributed by atoms with Crippen molar-refractivity contribution in [3.63, 3.8) is 0 Å². The van der Waals surface area contributed by atoms with Gasteiger partial charge in [0.25, 0.3) is 11.8 Å². The van der Waals surface area contributed by atoms with Crippen LogP contribution in [0.5, 0.6) is 11.5 Å². The zero-order chi connectivity index (χ0) is 39.4. The molecule has 4 heterocycles. The highest BCUT2D eigenvalue weighted by atomic mass is 16.5. The highest BCUT2D eigenvalue weighted by Gasteiger charge is 2.25.